The van der Waals surface area contributed by atoms with Gasteiger partial charge in [0.05, 0.1) is 18.5 Å². The molecule has 1 atom stereocenters. The summed E-state index contributed by atoms with van der Waals surface area (Å²) in [5, 5.41) is -1.08. The van der Waals surface area contributed by atoms with Gasteiger partial charge < -0.3 is 9.64 Å². The van der Waals surface area contributed by atoms with Crippen LogP contribution in [-0.2, 0) is 9.53 Å². The molecule has 0 aromatic rings. The standard InChI is InChI=1S/C8H12F3NO2S/c1-6(15-8(9,10)11)7(13)12-2-4-14-5-3-12/h6H,2-5H2,1H3. The van der Waals surface area contributed by atoms with Crippen molar-refractivity contribution < 1.29 is 22.7 Å². The van der Waals surface area contributed by atoms with E-state index < -0.39 is 16.7 Å². The maximum absolute atomic E-state index is 12.0. The minimum Gasteiger partial charge on any atom is -0.378 e. The molecule has 7 heteroatoms. The summed E-state index contributed by atoms with van der Waals surface area (Å²) < 4.78 is 41.0. The van der Waals surface area contributed by atoms with E-state index in [1.165, 1.54) is 11.8 Å². The lowest BCUT2D eigenvalue weighted by Crippen LogP contribution is -2.44. The predicted octanol–water partition coefficient (Wildman–Crippen LogP) is 1.49. The lowest BCUT2D eigenvalue weighted by atomic mass is 10.3. The van der Waals surface area contributed by atoms with E-state index in [0.717, 1.165) is 0 Å². The summed E-state index contributed by atoms with van der Waals surface area (Å²) >= 11 is -0.274. The van der Waals surface area contributed by atoms with Gasteiger partial charge in [0.25, 0.3) is 0 Å². The number of rotatable bonds is 2. The highest BCUT2D eigenvalue weighted by Gasteiger charge is 2.35. The molecule has 1 aliphatic heterocycles. The molecule has 88 valence electrons. The summed E-state index contributed by atoms with van der Waals surface area (Å²) in [6.07, 6.45) is 0. The van der Waals surface area contributed by atoms with Gasteiger partial charge in [0.1, 0.15) is 0 Å². The van der Waals surface area contributed by atoms with Crippen LogP contribution in [0.25, 0.3) is 0 Å². The zero-order chi connectivity index (χ0) is 11.5. The molecule has 0 spiro atoms. The maximum Gasteiger partial charge on any atom is 0.442 e. The zero-order valence-electron chi connectivity index (χ0n) is 8.21. The van der Waals surface area contributed by atoms with E-state index in [2.05, 4.69) is 0 Å². The Kier molecular flexibility index (Phi) is 4.27. The van der Waals surface area contributed by atoms with Gasteiger partial charge in [-0.2, -0.15) is 13.2 Å². The number of morpholine rings is 1. The largest absolute Gasteiger partial charge is 0.442 e. The molecular weight excluding hydrogens is 231 g/mol. The number of carbonyl (C=O) groups is 1. The Morgan fingerprint density at radius 2 is 1.93 bits per heavy atom. The highest BCUT2D eigenvalue weighted by Crippen LogP contribution is 2.34. The molecule has 1 aliphatic rings. The van der Waals surface area contributed by atoms with Gasteiger partial charge in [0, 0.05) is 13.1 Å². The van der Waals surface area contributed by atoms with E-state index in [1.54, 1.807) is 0 Å². The number of carbonyl (C=O) groups excluding carboxylic acids is 1. The highest BCUT2D eigenvalue weighted by atomic mass is 32.2. The number of thioether (sulfide) groups is 1. The van der Waals surface area contributed by atoms with Crippen LogP contribution >= 0.6 is 11.8 Å². The molecule has 1 heterocycles. The van der Waals surface area contributed by atoms with Crippen molar-refractivity contribution in [2.45, 2.75) is 17.7 Å². The molecule has 0 aliphatic carbocycles. The number of hydrogen-bond donors (Lipinski definition) is 0. The summed E-state index contributed by atoms with van der Waals surface area (Å²) in [5.41, 5.74) is -4.36. The van der Waals surface area contributed by atoms with Gasteiger partial charge in [0.15, 0.2) is 0 Å². The fraction of sp³-hybridized carbons (Fsp3) is 0.875. The third-order valence-corrected chi connectivity index (χ3v) is 2.80. The van der Waals surface area contributed by atoms with Crippen LogP contribution in [0.4, 0.5) is 13.2 Å². The lowest BCUT2D eigenvalue weighted by Gasteiger charge is -2.29. The van der Waals surface area contributed by atoms with Crippen LogP contribution in [0.2, 0.25) is 0 Å². The van der Waals surface area contributed by atoms with Gasteiger partial charge in [-0.3, -0.25) is 4.79 Å². The first-order chi connectivity index (χ1) is 6.90. The molecule has 1 rings (SSSR count). The summed E-state index contributed by atoms with van der Waals surface area (Å²) in [7, 11) is 0. The smallest absolute Gasteiger partial charge is 0.378 e. The molecule has 1 saturated heterocycles. The van der Waals surface area contributed by atoms with Crippen molar-refractivity contribution in [2.75, 3.05) is 26.3 Å². The topological polar surface area (TPSA) is 29.5 Å². The van der Waals surface area contributed by atoms with Crippen LogP contribution in [-0.4, -0.2) is 47.9 Å². The Bertz CT molecular complexity index is 228. The Morgan fingerprint density at radius 1 is 1.40 bits per heavy atom. The molecule has 0 bridgehead atoms. The number of ether oxygens (including phenoxy) is 1. The van der Waals surface area contributed by atoms with E-state index >= 15 is 0 Å². The Morgan fingerprint density at radius 3 is 2.40 bits per heavy atom. The molecule has 0 radical (unpaired) electrons. The van der Waals surface area contributed by atoms with Crippen LogP contribution in [0, 0.1) is 0 Å². The summed E-state index contributed by atoms with van der Waals surface area (Å²) in [5.74, 6) is -0.472. The zero-order valence-corrected chi connectivity index (χ0v) is 9.03. The third-order valence-electron chi connectivity index (χ3n) is 1.98. The van der Waals surface area contributed by atoms with Gasteiger partial charge in [0.2, 0.25) is 5.91 Å². The molecule has 15 heavy (non-hydrogen) atoms. The number of amides is 1. The lowest BCUT2D eigenvalue weighted by molar-refractivity contribution is -0.134. The minimum absolute atomic E-state index is 0.274. The Hall–Kier alpha value is -0.430. The number of hydrogen-bond acceptors (Lipinski definition) is 3. The van der Waals surface area contributed by atoms with E-state index in [0.29, 0.717) is 26.3 Å². The number of nitrogens with zero attached hydrogens (tertiary/aromatic N) is 1. The van der Waals surface area contributed by atoms with Gasteiger partial charge >= 0.3 is 5.51 Å². The molecule has 0 aromatic carbocycles. The molecule has 0 N–H and O–H groups in total. The minimum atomic E-state index is -4.36. The fourth-order valence-corrected chi connectivity index (χ4v) is 1.94. The van der Waals surface area contributed by atoms with E-state index in [4.69, 9.17) is 4.74 Å². The van der Waals surface area contributed by atoms with Crippen molar-refractivity contribution in [3.63, 3.8) is 0 Å². The average molecular weight is 243 g/mol. The quantitative estimate of drug-likeness (QED) is 0.736. The molecule has 1 unspecified atom stereocenters. The summed E-state index contributed by atoms with van der Waals surface area (Å²) in [6.45, 7) is 2.82. The first-order valence-electron chi connectivity index (χ1n) is 4.51. The highest BCUT2D eigenvalue weighted by molar-refractivity contribution is 8.01. The normalized spacial score (nSPS) is 20.1. The van der Waals surface area contributed by atoms with Crippen LogP contribution in [0.3, 0.4) is 0 Å². The van der Waals surface area contributed by atoms with Crippen molar-refractivity contribution in [1.82, 2.24) is 4.90 Å². The molecule has 0 aromatic heterocycles. The summed E-state index contributed by atoms with van der Waals surface area (Å²) in [6, 6.07) is 0. The first-order valence-corrected chi connectivity index (χ1v) is 5.39. The maximum atomic E-state index is 12.0. The van der Waals surface area contributed by atoms with Gasteiger partial charge in [-0.25, -0.2) is 0 Å². The number of halogens is 3. The van der Waals surface area contributed by atoms with Crippen molar-refractivity contribution >= 4 is 17.7 Å². The van der Waals surface area contributed by atoms with Crippen molar-refractivity contribution in [2.24, 2.45) is 0 Å². The van der Waals surface area contributed by atoms with Crippen LogP contribution < -0.4 is 0 Å². The summed E-state index contributed by atoms with van der Waals surface area (Å²) in [4.78, 5) is 12.9. The Labute approximate surface area is 89.9 Å². The van der Waals surface area contributed by atoms with Gasteiger partial charge in [-0.05, 0) is 18.7 Å². The molecule has 3 nitrogen and oxygen atoms in total. The van der Waals surface area contributed by atoms with Crippen LogP contribution in [0.15, 0.2) is 0 Å². The fourth-order valence-electron chi connectivity index (χ4n) is 1.29. The Balaban J connectivity index is 2.44. The van der Waals surface area contributed by atoms with Crippen molar-refractivity contribution in [3.05, 3.63) is 0 Å². The van der Waals surface area contributed by atoms with Crippen molar-refractivity contribution in [3.8, 4) is 0 Å². The molecule has 1 fully saturated rings. The predicted molar refractivity (Wildman–Crippen MR) is 50.5 cm³/mol. The molecular formula is C8H12F3NO2S. The van der Waals surface area contributed by atoms with Crippen LogP contribution in [0.1, 0.15) is 6.92 Å². The van der Waals surface area contributed by atoms with Crippen LogP contribution in [0.5, 0.6) is 0 Å². The van der Waals surface area contributed by atoms with E-state index in [9.17, 15) is 18.0 Å². The third kappa shape index (κ3) is 4.29. The SMILES string of the molecule is CC(SC(F)(F)F)C(=O)N1CCOCC1. The second-order valence-electron chi connectivity index (χ2n) is 3.14. The van der Waals surface area contributed by atoms with E-state index in [1.807, 2.05) is 0 Å². The van der Waals surface area contributed by atoms with Gasteiger partial charge in [-0.15, -0.1) is 0 Å². The number of alkyl halides is 3. The second kappa shape index (κ2) is 5.07. The molecule has 1 amide bonds. The monoisotopic (exact) mass is 243 g/mol. The first kappa shape index (κ1) is 12.6. The van der Waals surface area contributed by atoms with Gasteiger partial charge in [-0.1, -0.05) is 0 Å². The van der Waals surface area contributed by atoms with E-state index in [-0.39, 0.29) is 11.8 Å². The molecule has 0 saturated carbocycles. The second-order valence-corrected chi connectivity index (χ2v) is 4.55. The van der Waals surface area contributed by atoms with Crippen molar-refractivity contribution in [1.29, 1.82) is 0 Å². The average Bonchev–Trinajstić information content (AvgIpc) is 2.15.